The highest BCUT2D eigenvalue weighted by Crippen LogP contribution is 2.22. The fourth-order valence-electron chi connectivity index (χ4n) is 2.48. The van der Waals surface area contributed by atoms with Crippen LogP contribution < -0.4 is 10.6 Å². The van der Waals surface area contributed by atoms with Crippen LogP contribution in [0.3, 0.4) is 0 Å². The molecule has 1 fully saturated rings. The summed E-state index contributed by atoms with van der Waals surface area (Å²) in [6.45, 7) is 2.66. The molecule has 1 aromatic carbocycles. The summed E-state index contributed by atoms with van der Waals surface area (Å²) in [4.78, 5) is 12.2. The molecule has 0 atom stereocenters. The van der Waals surface area contributed by atoms with Crippen molar-refractivity contribution in [2.75, 3.05) is 11.9 Å². The zero-order chi connectivity index (χ0) is 13.7. The molecule has 19 heavy (non-hydrogen) atoms. The van der Waals surface area contributed by atoms with Gasteiger partial charge in [0.2, 0.25) is 0 Å². The van der Waals surface area contributed by atoms with Crippen molar-refractivity contribution < 1.29 is 9.18 Å². The topological polar surface area (TPSA) is 41.1 Å². The maximum Gasteiger partial charge on any atom is 0.253 e. The van der Waals surface area contributed by atoms with Crippen LogP contribution in [0.15, 0.2) is 18.2 Å². The van der Waals surface area contributed by atoms with E-state index in [4.69, 9.17) is 0 Å². The number of para-hydroxylation sites is 1. The van der Waals surface area contributed by atoms with Gasteiger partial charge in [0.25, 0.3) is 5.91 Å². The number of carbonyl (C=O) groups is 1. The van der Waals surface area contributed by atoms with Gasteiger partial charge in [-0.25, -0.2) is 4.39 Å². The van der Waals surface area contributed by atoms with Crippen LogP contribution >= 0.6 is 0 Å². The summed E-state index contributed by atoms with van der Waals surface area (Å²) in [5, 5.41) is 5.99. The molecule has 0 spiro atoms. The standard InChI is InChI=1S/C15H21FN2O/c1-2-10-17-14-12(8-5-9-13(14)16)15(19)18-11-6-3-4-7-11/h5,8-9,11,17H,2-4,6-7,10H2,1H3,(H,18,19). The van der Waals surface area contributed by atoms with E-state index in [1.807, 2.05) is 6.92 Å². The van der Waals surface area contributed by atoms with Crippen molar-refractivity contribution >= 4 is 11.6 Å². The van der Waals surface area contributed by atoms with Gasteiger partial charge in [-0.15, -0.1) is 0 Å². The first kappa shape index (κ1) is 13.8. The van der Waals surface area contributed by atoms with Gasteiger partial charge in [0.05, 0.1) is 11.3 Å². The van der Waals surface area contributed by atoms with Crippen molar-refractivity contribution in [2.24, 2.45) is 0 Å². The zero-order valence-corrected chi connectivity index (χ0v) is 11.3. The number of hydrogen-bond acceptors (Lipinski definition) is 2. The second-order valence-electron chi connectivity index (χ2n) is 5.04. The normalized spacial score (nSPS) is 15.5. The molecule has 2 rings (SSSR count). The number of halogens is 1. The highest BCUT2D eigenvalue weighted by molar-refractivity contribution is 5.99. The third kappa shape index (κ3) is 3.46. The molecule has 0 bridgehead atoms. The molecular formula is C15H21FN2O. The average Bonchev–Trinajstić information content (AvgIpc) is 2.90. The van der Waals surface area contributed by atoms with E-state index >= 15 is 0 Å². The van der Waals surface area contributed by atoms with Gasteiger partial charge < -0.3 is 10.6 Å². The highest BCUT2D eigenvalue weighted by Gasteiger charge is 2.20. The molecule has 1 aliphatic carbocycles. The van der Waals surface area contributed by atoms with Crippen LogP contribution in [0.1, 0.15) is 49.4 Å². The zero-order valence-electron chi connectivity index (χ0n) is 11.3. The minimum Gasteiger partial charge on any atom is -0.382 e. The Hall–Kier alpha value is -1.58. The predicted molar refractivity (Wildman–Crippen MR) is 74.9 cm³/mol. The predicted octanol–water partition coefficient (Wildman–Crippen LogP) is 3.32. The van der Waals surface area contributed by atoms with Gasteiger partial charge in [0, 0.05) is 12.6 Å². The first-order chi connectivity index (χ1) is 9.22. The van der Waals surface area contributed by atoms with Gasteiger partial charge in [0.15, 0.2) is 0 Å². The fraction of sp³-hybridized carbons (Fsp3) is 0.533. The molecular weight excluding hydrogens is 243 g/mol. The van der Waals surface area contributed by atoms with Crippen molar-refractivity contribution in [1.82, 2.24) is 5.32 Å². The monoisotopic (exact) mass is 264 g/mol. The van der Waals surface area contributed by atoms with Gasteiger partial charge in [0.1, 0.15) is 5.82 Å². The van der Waals surface area contributed by atoms with Gasteiger partial charge in [-0.3, -0.25) is 4.79 Å². The van der Waals surface area contributed by atoms with Crippen molar-refractivity contribution in [3.05, 3.63) is 29.6 Å². The van der Waals surface area contributed by atoms with E-state index in [9.17, 15) is 9.18 Å². The Bertz CT molecular complexity index is 442. The van der Waals surface area contributed by atoms with E-state index in [0.29, 0.717) is 17.8 Å². The average molecular weight is 264 g/mol. The molecule has 0 saturated heterocycles. The summed E-state index contributed by atoms with van der Waals surface area (Å²) in [6.07, 6.45) is 5.26. The lowest BCUT2D eigenvalue weighted by Gasteiger charge is -2.15. The molecule has 1 amide bonds. The second-order valence-corrected chi connectivity index (χ2v) is 5.04. The number of hydrogen-bond donors (Lipinski definition) is 2. The van der Waals surface area contributed by atoms with Crippen LogP contribution in [-0.4, -0.2) is 18.5 Å². The lowest BCUT2D eigenvalue weighted by Crippen LogP contribution is -2.33. The largest absolute Gasteiger partial charge is 0.382 e. The summed E-state index contributed by atoms with van der Waals surface area (Å²) in [5.74, 6) is -0.544. The molecule has 0 aromatic heterocycles. The first-order valence-electron chi connectivity index (χ1n) is 7.05. The maximum absolute atomic E-state index is 13.8. The number of benzene rings is 1. The van der Waals surface area contributed by atoms with Gasteiger partial charge in [-0.05, 0) is 31.4 Å². The van der Waals surface area contributed by atoms with E-state index in [1.54, 1.807) is 12.1 Å². The van der Waals surface area contributed by atoms with Crippen molar-refractivity contribution in [1.29, 1.82) is 0 Å². The second kappa shape index (κ2) is 6.55. The maximum atomic E-state index is 13.8. The van der Waals surface area contributed by atoms with Crippen LogP contribution in [0.5, 0.6) is 0 Å². The summed E-state index contributed by atoms with van der Waals surface area (Å²) in [5.41, 5.74) is 0.722. The summed E-state index contributed by atoms with van der Waals surface area (Å²) in [6, 6.07) is 4.88. The quantitative estimate of drug-likeness (QED) is 0.856. The van der Waals surface area contributed by atoms with Crippen LogP contribution in [0.4, 0.5) is 10.1 Å². The molecule has 2 N–H and O–H groups in total. The summed E-state index contributed by atoms with van der Waals surface area (Å²) in [7, 11) is 0. The van der Waals surface area contributed by atoms with Crippen molar-refractivity contribution in [2.45, 2.75) is 45.1 Å². The molecule has 1 saturated carbocycles. The van der Waals surface area contributed by atoms with E-state index in [0.717, 1.165) is 32.1 Å². The van der Waals surface area contributed by atoms with Crippen molar-refractivity contribution in [3.8, 4) is 0 Å². The third-order valence-corrected chi connectivity index (χ3v) is 3.50. The minimum absolute atomic E-state index is 0.176. The van der Waals surface area contributed by atoms with E-state index < -0.39 is 0 Å². The van der Waals surface area contributed by atoms with Crippen LogP contribution in [-0.2, 0) is 0 Å². The molecule has 0 radical (unpaired) electrons. The Labute approximate surface area is 113 Å². The van der Waals surface area contributed by atoms with E-state index in [-0.39, 0.29) is 17.8 Å². The van der Waals surface area contributed by atoms with Crippen LogP contribution in [0, 0.1) is 5.82 Å². The third-order valence-electron chi connectivity index (χ3n) is 3.50. The Balaban J connectivity index is 2.12. The summed E-state index contributed by atoms with van der Waals surface area (Å²) < 4.78 is 13.8. The molecule has 1 aliphatic rings. The number of nitrogens with one attached hydrogen (secondary N) is 2. The Morgan fingerprint density at radius 3 is 2.79 bits per heavy atom. The van der Waals surface area contributed by atoms with Crippen molar-refractivity contribution in [3.63, 3.8) is 0 Å². The molecule has 0 heterocycles. The molecule has 3 nitrogen and oxygen atoms in total. The lowest BCUT2D eigenvalue weighted by molar-refractivity contribution is 0.0938. The SMILES string of the molecule is CCCNc1c(F)cccc1C(=O)NC1CCCC1. The highest BCUT2D eigenvalue weighted by atomic mass is 19.1. The Morgan fingerprint density at radius 2 is 2.11 bits per heavy atom. The van der Waals surface area contributed by atoms with Crippen LogP contribution in [0.2, 0.25) is 0 Å². The van der Waals surface area contributed by atoms with Gasteiger partial charge in [-0.2, -0.15) is 0 Å². The molecule has 1 aromatic rings. The Morgan fingerprint density at radius 1 is 1.37 bits per heavy atom. The molecule has 104 valence electrons. The Kier molecular flexibility index (Phi) is 4.77. The molecule has 4 heteroatoms. The van der Waals surface area contributed by atoms with E-state index in [1.165, 1.54) is 6.07 Å². The number of amides is 1. The summed E-state index contributed by atoms with van der Waals surface area (Å²) >= 11 is 0. The number of carbonyl (C=O) groups excluding carboxylic acids is 1. The minimum atomic E-state index is -0.368. The smallest absolute Gasteiger partial charge is 0.253 e. The van der Waals surface area contributed by atoms with Gasteiger partial charge >= 0.3 is 0 Å². The fourth-order valence-corrected chi connectivity index (χ4v) is 2.48. The van der Waals surface area contributed by atoms with E-state index in [2.05, 4.69) is 10.6 Å². The first-order valence-corrected chi connectivity index (χ1v) is 7.05. The van der Waals surface area contributed by atoms with Crippen LogP contribution in [0.25, 0.3) is 0 Å². The van der Waals surface area contributed by atoms with Gasteiger partial charge in [-0.1, -0.05) is 25.8 Å². The lowest BCUT2D eigenvalue weighted by atomic mass is 10.1. The number of anilines is 1. The molecule has 0 aliphatic heterocycles. The molecule has 0 unspecified atom stereocenters. The number of rotatable bonds is 5.